The molecule has 0 saturated carbocycles. The molecule has 0 rings (SSSR count). The van der Waals surface area contributed by atoms with Crippen LogP contribution in [0.15, 0.2) is 0 Å². The molecule has 0 amide bonds. The average molecular weight is 148 g/mol. The van der Waals surface area contributed by atoms with Crippen LogP contribution in [0.5, 0.6) is 0 Å². The second-order valence-corrected chi connectivity index (χ2v) is 2.92. The van der Waals surface area contributed by atoms with E-state index in [2.05, 4.69) is 11.7 Å². The van der Waals surface area contributed by atoms with Gasteiger partial charge in [-0.25, -0.2) is 0 Å². The van der Waals surface area contributed by atoms with E-state index in [1.807, 2.05) is 0 Å². The summed E-state index contributed by atoms with van der Waals surface area (Å²) >= 11 is 1.75. The summed E-state index contributed by atoms with van der Waals surface area (Å²) in [5, 5.41) is 0. The Morgan fingerprint density at radius 1 is 1.67 bits per heavy atom. The Morgan fingerprint density at radius 2 is 2.33 bits per heavy atom. The van der Waals surface area contributed by atoms with Crippen LogP contribution in [0, 0.1) is 0 Å². The molecule has 0 unspecified atom stereocenters. The van der Waals surface area contributed by atoms with E-state index in [1.54, 1.807) is 11.8 Å². The van der Waals surface area contributed by atoms with Gasteiger partial charge in [0.25, 0.3) is 0 Å². The van der Waals surface area contributed by atoms with Gasteiger partial charge >= 0.3 is 5.97 Å². The number of esters is 1. The molecule has 0 aliphatic rings. The number of carbonyl (C=O) groups is 1. The molecule has 0 aromatic heterocycles. The molecule has 3 heteroatoms. The molecule has 0 aromatic rings. The molecule has 2 nitrogen and oxygen atoms in total. The molecule has 0 N–H and O–H groups in total. The maximum Gasteiger partial charge on any atom is 0.306 e. The molecule has 0 radical (unpaired) electrons. The summed E-state index contributed by atoms with van der Waals surface area (Å²) in [7, 11) is 1.42. The van der Waals surface area contributed by atoms with Crippen LogP contribution in [0.2, 0.25) is 0 Å². The maximum atomic E-state index is 10.5. The standard InChI is InChI=1S/C6H12O2S/c1-3-9-5-4-6(7)8-2/h3-5H2,1-2H3. The topological polar surface area (TPSA) is 26.3 Å². The van der Waals surface area contributed by atoms with E-state index in [1.165, 1.54) is 7.11 Å². The van der Waals surface area contributed by atoms with Gasteiger partial charge in [-0.2, -0.15) is 11.8 Å². The average Bonchev–Trinajstić information content (AvgIpc) is 1.89. The summed E-state index contributed by atoms with van der Waals surface area (Å²) in [6, 6.07) is 0. The zero-order valence-corrected chi connectivity index (χ0v) is 6.66. The van der Waals surface area contributed by atoms with Gasteiger partial charge in [0.15, 0.2) is 0 Å². The van der Waals surface area contributed by atoms with Crippen LogP contribution < -0.4 is 0 Å². The minimum Gasteiger partial charge on any atom is -0.469 e. The summed E-state index contributed by atoms with van der Waals surface area (Å²) < 4.78 is 4.44. The quantitative estimate of drug-likeness (QED) is 0.444. The molecule has 0 saturated heterocycles. The molecule has 0 aliphatic carbocycles. The third kappa shape index (κ3) is 5.69. The van der Waals surface area contributed by atoms with Crippen molar-refractivity contribution in [2.75, 3.05) is 18.6 Å². The van der Waals surface area contributed by atoms with E-state index in [4.69, 9.17) is 0 Å². The predicted molar refractivity (Wildman–Crippen MR) is 39.6 cm³/mol. The Bertz CT molecular complexity index is 83.1. The molecule has 9 heavy (non-hydrogen) atoms. The Morgan fingerprint density at radius 3 is 2.78 bits per heavy atom. The maximum absolute atomic E-state index is 10.5. The summed E-state index contributed by atoms with van der Waals surface area (Å²) in [5.41, 5.74) is 0. The van der Waals surface area contributed by atoms with Crippen LogP contribution in [0.3, 0.4) is 0 Å². The van der Waals surface area contributed by atoms with E-state index in [-0.39, 0.29) is 5.97 Å². The van der Waals surface area contributed by atoms with Gasteiger partial charge in [-0.1, -0.05) is 6.92 Å². The van der Waals surface area contributed by atoms with Crippen LogP contribution in [-0.2, 0) is 9.53 Å². The van der Waals surface area contributed by atoms with E-state index >= 15 is 0 Å². The van der Waals surface area contributed by atoms with Crippen molar-refractivity contribution in [1.82, 2.24) is 0 Å². The summed E-state index contributed by atoms with van der Waals surface area (Å²) in [6.45, 7) is 2.07. The van der Waals surface area contributed by atoms with Gasteiger partial charge in [0.05, 0.1) is 13.5 Å². The molecule has 0 heterocycles. The molecule has 0 aliphatic heterocycles. The van der Waals surface area contributed by atoms with Crippen LogP contribution in [0.1, 0.15) is 13.3 Å². The molecular formula is C6H12O2S. The molecule has 0 fully saturated rings. The predicted octanol–water partition coefficient (Wildman–Crippen LogP) is 1.30. The van der Waals surface area contributed by atoms with Gasteiger partial charge in [-0.05, 0) is 5.75 Å². The fraction of sp³-hybridized carbons (Fsp3) is 0.833. The second-order valence-electron chi connectivity index (χ2n) is 1.52. The third-order valence-corrected chi connectivity index (χ3v) is 1.78. The third-order valence-electron chi connectivity index (χ3n) is 0.882. The van der Waals surface area contributed by atoms with Crippen molar-refractivity contribution in [2.45, 2.75) is 13.3 Å². The second kappa shape index (κ2) is 5.95. The molecule has 54 valence electrons. The first kappa shape index (κ1) is 8.82. The molecular weight excluding hydrogens is 136 g/mol. The highest BCUT2D eigenvalue weighted by atomic mass is 32.2. The number of rotatable bonds is 4. The van der Waals surface area contributed by atoms with Crippen molar-refractivity contribution in [3.8, 4) is 0 Å². The lowest BCUT2D eigenvalue weighted by atomic mass is 10.5. The first-order valence-corrected chi connectivity index (χ1v) is 4.11. The van der Waals surface area contributed by atoms with Gasteiger partial charge in [0.2, 0.25) is 0 Å². The fourth-order valence-corrected chi connectivity index (χ4v) is 1.00. The monoisotopic (exact) mass is 148 g/mol. The van der Waals surface area contributed by atoms with Crippen LogP contribution >= 0.6 is 11.8 Å². The largest absolute Gasteiger partial charge is 0.469 e. The van der Waals surface area contributed by atoms with Crippen molar-refractivity contribution < 1.29 is 9.53 Å². The normalized spacial score (nSPS) is 9.11. The van der Waals surface area contributed by atoms with E-state index in [0.29, 0.717) is 6.42 Å². The minimum absolute atomic E-state index is 0.115. The van der Waals surface area contributed by atoms with Crippen molar-refractivity contribution in [1.29, 1.82) is 0 Å². The lowest BCUT2D eigenvalue weighted by Gasteiger charge is -1.95. The Balaban J connectivity index is 2.97. The van der Waals surface area contributed by atoms with Gasteiger partial charge < -0.3 is 4.74 Å². The highest BCUT2D eigenvalue weighted by Gasteiger charge is 1.96. The van der Waals surface area contributed by atoms with E-state index in [9.17, 15) is 4.79 Å². The van der Waals surface area contributed by atoms with Crippen LogP contribution in [-0.4, -0.2) is 24.6 Å². The zero-order valence-electron chi connectivity index (χ0n) is 5.85. The highest BCUT2D eigenvalue weighted by Crippen LogP contribution is 2.00. The molecule has 0 atom stereocenters. The summed E-state index contributed by atoms with van der Waals surface area (Å²) in [4.78, 5) is 10.5. The number of methoxy groups -OCH3 is 1. The fourth-order valence-electron chi connectivity index (χ4n) is 0.402. The van der Waals surface area contributed by atoms with Gasteiger partial charge in [-0.15, -0.1) is 0 Å². The van der Waals surface area contributed by atoms with Crippen molar-refractivity contribution >= 4 is 17.7 Å². The number of hydrogen-bond donors (Lipinski definition) is 0. The van der Waals surface area contributed by atoms with Crippen molar-refractivity contribution in [3.05, 3.63) is 0 Å². The highest BCUT2D eigenvalue weighted by molar-refractivity contribution is 7.99. The van der Waals surface area contributed by atoms with Gasteiger partial charge in [0, 0.05) is 5.75 Å². The lowest BCUT2D eigenvalue weighted by molar-refractivity contribution is -0.140. The Hall–Kier alpha value is -0.180. The molecule has 0 bridgehead atoms. The van der Waals surface area contributed by atoms with Gasteiger partial charge in [-0.3, -0.25) is 4.79 Å². The van der Waals surface area contributed by atoms with E-state index in [0.717, 1.165) is 11.5 Å². The number of ether oxygens (including phenoxy) is 1. The Labute approximate surface area is 60.0 Å². The Kier molecular flexibility index (Phi) is 5.83. The number of carbonyl (C=O) groups excluding carboxylic acids is 1. The zero-order chi connectivity index (χ0) is 7.11. The lowest BCUT2D eigenvalue weighted by Crippen LogP contribution is -2.00. The van der Waals surface area contributed by atoms with Crippen LogP contribution in [0.25, 0.3) is 0 Å². The minimum atomic E-state index is -0.115. The van der Waals surface area contributed by atoms with Crippen molar-refractivity contribution in [3.63, 3.8) is 0 Å². The number of thioether (sulfide) groups is 1. The first-order chi connectivity index (χ1) is 4.31. The van der Waals surface area contributed by atoms with Gasteiger partial charge in [0.1, 0.15) is 0 Å². The smallest absolute Gasteiger partial charge is 0.306 e. The first-order valence-electron chi connectivity index (χ1n) is 2.95. The summed E-state index contributed by atoms with van der Waals surface area (Å²) in [6.07, 6.45) is 0.537. The van der Waals surface area contributed by atoms with Crippen molar-refractivity contribution in [2.24, 2.45) is 0 Å². The van der Waals surface area contributed by atoms with Crippen LogP contribution in [0.4, 0.5) is 0 Å². The molecule has 0 aromatic carbocycles. The summed E-state index contributed by atoms with van der Waals surface area (Å²) in [5.74, 6) is 1.83. The molecule has 0 spiro atoms. The van der Waals surface area contributed by atoms with E-state index < -0.39 is 0 Å². The SMILES string of the molecule is CCSCCC(=O)OC. The number of hydrogen-bond acceptors (Lipinski definition) is 3.